The minimum absolute atomic E-state index is 0.0986. The molecule has 0 fully saturated rings. The Morgan fingerprint density at radius 2 is 2.09 bits per heavy atom. The minimum atomic E-state index is -0.452. The van der Waals surface area contributed by atoms with Gasteiger partial charge >= 0.3 is 5.97 Å². The van der Waals surface area contributed by atoms with E-state index >= 15 is 0 Å². The normalized spacial score (nSPS) is 11.7. The number of methoxy groups -OCH3 is 1. The highest BCUT2D eigenvalue weighted by Gasteiger charge is 2.24. The molecule has 1 amide bonds. The van der Waals surface area contributed by atoms with Gasteiger partial charge in [0.25, 0.3) is 0 Å². The predicted octanol–water partition coefficient (Wildman–Crippen LogP) is 5.36. The summed E-state index contributed by atoms with van der Waals surface area (Å²) in [6, 6.07) is 7.81. The van der Waals surface area contributed by atoms with Crippen molar-refractivity contribution in [2.24, 2.45) is 0 Å². The summed E-state index contributed by atoms with van der Waals surface area (Å²) in [4.78, 5) is 26.0. The van der Waals surface area contributed by atoms with Crippen molar-refractivity contribution in [3.05, 3.63) is 64.3 Å². The highest BCUT2D eigenvalue weighted by Crippen LogP contribution is 2.34. The van der Waals surface area contributed by atoms with Crippen LogP contribution in [0.25, 0.3) is 0 Å². The molecule has 186 valence electrons. The predicted molar refractivity (Wildman–Crippen MR) is 140 cm³/mol. The van der Waals surface area contributed by atoms with Gasteiger partial charge in [0, 0.05) is 11.4 Å². The number of nitrogens with zero attached hydrogens (tertiary/aromatic N) is 3. The number of allylic oxidation sites excluding steroid dienone is 1. The van der Waals surface area contributed by atoms with Gasteiger partial charge in [0.1, 0.15) is 10.8 Å². The number of esters is 1. The second kappa shape index (κ2) is 12.0. The number of thioether (sulfide) groups is 1. The quantitative estimate of drug-likeness (QED) is 0.209. The Balaban J connectivity index is 1.72. The minimum Gasteiger partial charge on any atom is -0.483 e. The van der Waals surface area contributed by atoms with E-state index in [-0.39, 0.29) is 17.8 Å². The van der Waals surface area contributed by atoms with Gasteiger partial charge in [0.15, 0.2) is 17.1 Å². The van der Waals surface area contributed by atoms with Crippen molar-refractivity contribution >= 4 is 40.0 Å². The maximum Gasteiger partial charge on any atom is 0.341 e. The largest absolute Gasteiger partial charge is 0.483 e. The van der Waals surface area contributed by atoms with Crippen LogP contribution in [-0.2, 0) is 22.5 Å². The van der Waals surface area contributed by atoms with E-state index in [1.54, 1.807) is 6.08 Å². The number of nitrogens with one attached hydrogen (secondary N) is 1. The molecule has 3 aromatic rings. The van der Waals surface area contributed by atoms with Gasteiger partial charge < -0.3 is 14.8 Å². The molecule has 8 nitrogen and oxygen atoms in total. The third kappa shape index (κ3) is 6.32. The van der Waals surface area contributed by atoms with Gasteiger partial charge in [-0.15, -0.1) is 28.1 Å². The molecule has 1 aromatic carbocycles. The smallest absolute Gasteiger partial charge is 0.341 e. The lowest BCUT2D eigenvalue weighted by atomic mass is 10.1. The Morgan fingerprint density at radius 3 is 2.74 bits per heavy atom. The standard InChI is InChI=1S/C25H30N4O4S2/c1-7-12-29-22(16(4)33-18-11-9-10-15(3)13-18)27-28-25(29)34-14-20(30)26-23-21(24(31)32-6)19(8-2)17(5)35-23/h7,9-11,13,16H,1,8,12,14H2,2-6H3,(H,26,30). The van der Waals surface area contributed by atoms with Crippen molar-refractivity contribution in [1.29, 1.82) is 0 Å². The van der Waals surface area contributed by atoms with Gasteiger partial charge in [-0.25, -0.2) is 4.79 Å². The number of hydrogen-bond acceptors (Lipinski definition) is 8. The number of hydrogen-bond donors (Lipinski definition) is 1. The molecule has 2 aromatic heterocycles. The highest BCUT2D eigenvalue weighted by molar-refractivity contribution is 7.99. The Bertz CT molecular complexity index is 1220. The Morgan fingerprint density at radius 1 is 1.31 bits per heavy atom. The third-order valence-corrected chi connectivity index (χ3v) is 7.29. The molecule has 1 atom stereocenters. The van der Waals surface area contributed by atoms with E-state index in [0.29, 0.717) is 34.5 Å². The zero-order chi connectivity index (χ0) is 25.5. The molecule has 0 spiro atoms. The van der Waals surface area contributed by atoms with Crippen molar-refractivity contribution in [2.45, 2.75) is 51.9 Å². The fourth-order valence-corrected chi connectivity index (χ4v) is 5.56. The first-order chi connectivity index (χ1) is 16.8. The maximum absolute atomic E-state index is 12.8. The molecule has 10 heteroatoms. The van der Waals surface area contributed by atoms with Crippen LogP contribution in [-0.4, -0.2) is 39.5 Å². The second-order valence-corrected chi connectivity index (χ2v) is 10.0. The van der Waals surface area contributed by atoms with Gasteiger partial charge in [-0.1, -0.05) is 36.9 Å². The summed E-state index contributed by atoms with van der Waals surface area (Å²) in [7, 11) is 1.34. The molecular formula is C25H30N4O4S2. The lowest BCUT2D eigenvalue weighted by Crippen LogP contribution is -2.17. The van der Waals surface area contributed by atoms with E-state index in [4.69, 9.17) is 9.47 Å². The first-order valence-corrected chi connectivity index (χ1v) is 13.0. The number of benzene rings is 1. The van der Waals surface area contributed by atoms with Gasteiger partial charge in [0.2, 0.25) is 5.91 Å². The van der Waals surface area contributed by atoms with Crippen LogP contribution < -0.4 is 10.1 Å². The number of thiophene rings is 1. The van der Waals surface area contributed by atoms with Crippen LogP contribution in [0.1, 0.15) is 52.1 Å². The van der Waals surface area contributed by atoms with Crippen LogP contribution in [0.3, 0.4) is 0 Å². The monoisotopic (exact) mass is 514 g/mol. The first kappa shape index (κ1) is 26.5. The van der Waals surface area contributed by atoms with Crippen LogP contribution in [0.5, 0.6) is 5.75 Å². The van der Waals surface area contributed by atoms with E-state index in [9.17, 15) is 9.59 Å². The average molecular weight is 515 g/mol. The number of carbonyl (C=O) groups excluding carboxylic acids is 2. The molecule has 0 aliphatic carbocycles. The van der Waals surface area contributed by atoms with Crippen molar-refractivity contribution in [3.63, 3.8) is 0 Å². The summed E-state index contributed by atoms with van der Waals surface area (Å²) in [5.74, 6) is 0.790. The van der Waals surface area contributed by atoms with E-state index in [1.165, 1.54) is 30.2 Å². The molecular weight excluding hydrogens is 484 g/mol. The lowest BCUT2D eigenvalue weighted by molar-refractivity contribution is -0.113. The molecule has 0 saturated carbocycles. The van der Waals surface area contributed by atoms with E-state index < -0.39 is 5.97 Å². The van der Waals surface area contributed by atoms with Gasteiger partial charge in [-0.3, -0.25) is 9.36 Å². The van der Waals surface area contributed by atoms with Gasteiger partial charge in [0.05, 0.1) is 18.4 Å². The summed E-state index contributed by atoms with van der Waals surface area (Å²) < 4.78 is 12.9. The van der Waals surface area contributed by atoms with Crippen molar-refractivity contribution < 1.29 is 19.1 Å². The number of carbonyl (C=O) groups is 2. The Hall–Kier alpha value is -3.11. The van der Waals surface area contributed by atoms with Crippen LogP contribution in [0.2, 0.25) is 0 Å². The first-order valence-electron chi connectivity index (χ1n) is 11.2. The summed E-state index contributed by atoms with van der Waals surface area (Å²) >= 11 is 2.64. The molecule has 0 bridgehead atoms. The molecule has 0 aliphatic heterocycles. The number of aromatic nitrogens is 3. The van der Waals surface area contributed by atoms with Crippen molar-refractivity contribution in [1.82, 2.24) is 14.8 Å². The second-order valence-electron chi connectivity index (χ2n) is 7.84. The molecule has 0 saturated heterocycles. The number of amides is 1. The van der Waals surface area contributed by atoms with Crippen molar-refractivity contribution in [2.75, 3.05) is 18.2 Å². The van der Waals surface area contributed by atoms with Crippen LogP contribution in [0.4, 0.5) is 5.00 Å². The molecule has 0 radical (unpaired) electrons. The molecule has 0 aliphatic rings. The van der Waals surface area contributed by atoms with Crippen LogP contribution in [0.15, 0.2) is 42.1 Å². The number of ether oxygens (including phenoxy) is 2. The van der Waals surface area contributed by atoms with E-state index in [2.05, 4.69) is 22.1 Å². The van der Waals surface area contributed by atoms with Gasteiger partial charge in [-0.05, 0) is 50.5 Å². The van der Waals surface area contributed by atoms with Crippen LogP contribution >= 0.6 is 23.1 Å². The fraction of sp³-hybridized carbons (Fsp3) is 0.360. The maximum atomic E-state index is 12.8. The molecule has 1 unspecified atom stereocenters. The Kier molecular flexibility index (Phi) is 9.11. The van der Waals surface area contributed by atoms with E-state index in [0.717, 1.165) is 21.8 Å². The number of rotatable bonds is 11. The Labute approximate surface area is 213 Å². The number of aryl methyl sites for hydroxylation is 2. The molecule has 1 N–H and O–H groups in total. The SMILES string of the molecule is C=CCn1c(SCC(=O)Nc2sc(C)c(CC)c2C(=O)OC)nnc1C(C)Oc1cccc(C)c1. The zero-order valence-electron chi connectivity index (χ0n) is 20.6. The summed E-state index contributed by atoms with van der Waals surface area (Å²) in [5, 5.41) is 12.6. The summed E-state index contributed by atoms with van der Waals surface area (Å²) in [5.41, 5.74) is 2.42. The molecule has 2 heterocycles. The van der Waals surface area contributed by atoms with E-state index in [1.807, 2.05) is 56.5 Å². The summed E-state index contributed by atoms with van der Waals surface area (Å²) in [6.45, 7) is 12.1. The third-order valence-electron chi connectivity index (χ3n) is 5.26. The molecule has 35 heavy (non-hydrogen) atoms. The zero-order valence-corrected chi connectivity index (χ0v) is 22.2. The average Bonchev–Trinajstić information content (AvgIpc) is 3.37. The van der Waals surface area contributed by atoms with Crippen molar-refractivity contribution in [3.8, 4) is 5.75 Å². The van der Waals surface area contributed by atoms with Crippen LogP contribution in [0, 0.1) is 13.8 Å². The van der Waals surface area contributed by atoms with Gasteiger partial charge in [-0.2, -0.15) is 0 Å². The topological polar surface area (TPSA) is 95.3 Å². The highest BCUT2D eigenvalue weighted by atomic mass is 32.2. The fourth-order valence-electron chi connectivity index (χ4n) is 3.66. The summed E-state index contributed by atoms with van der Waals surface area (Å²) in [6.07, 6.45) is 2.07. The molecule has 3 rings (SSSR count). The number of anilines is 1. The lowest BCUT2D eigenvalue weighted by Gasteiger charge is -2.16.